The summed E-state index contributed by atoms with van der Waals surface area (Å²) >= 11 is 8.37. The molecule has 2 aliphatic heterocycles. The summed E-state index contributed by atoms with van der Waals surface area (Å²) in [7, 11) is 0. The Morgan fingerprint density at radius 1 is 1.24 bits per heavy atom. The minimum absolute atomic E-state index is 0.128. The molecule has 0 bridgehead atoms. The summed E-state index contributed by atoms with van der Waals surface area (Å²) in [6.07, 6.45) is 6.86. The molecule has 1 spiro atoms. The van der Waals surface area contributed by atoms with Gasteiger partial charge in [0.15, 0.2) is 0 Å². The fourth-order valence-electron chi connectivity index (χ4n) is 3.80. The highest BCUT2D eigenvalue weighted by Crippen LogP contribution is 2.42. The maximum absolute atomic E-state index is 6.31. The highest BCUT2D eigenvalue weighted by Gasteiger charge is 2.39. The van der Waals surface area contributed by atoms with E-state index in [0.29, 0.717) is 6.04 Å². The Hall–Kier alpha value is -0.640. The van der Waals surface area contributed by atoms with E-state index >= 15 is 0 Å². The van der Waals surface area contributed by atoms with Gasteiger partial charge in [0.25, 0.3) is 0 Å². The smallest absolute Gasteiger partial charge is 0.0718 e. The summed E-state index contributed by atoms with van der Waals surface area (Å²) in [6, 6.07) is 8.89. The molecule has 2 fully saturated rings. The molecule has 4 heteroatoms. The Bertz CT molecular complexity index is 642. The zero-order chi connectivity index (χ0) is 14.3. The summed E-state index contributed by atoms with van der Waals surface area (Å²) in [5.41, 5.74) is 1.39. The van der Waals surface area contributed by atoms with Gasteiger partial charge in [-0.25, -0.2) is 0 Å². The fraction of sp³-hybridized carbons (Fsp3) is 0.529. The van der Waals surface area contributed by atoms with Crippen molar-refractivity contribution in [1.29, 1.82) is 0 Å². The summed E-state index contributed by atoms with van der Waals surface area (Å²) in [4.78, 5) is 0. The number of ether oxygens (including phenoxy) is 1. The molecule has 3 heterocycles. The van der Waals surface area contributed by atoms with E-state index < -0.39 is 0 Å². The van der Waals surface area contributed by atoms with E-state index in [1.54, 1.807) is 0 Å². The molecule has 112 valence electrons. The highest BCUT2D eigenvalue weighted by atomic mass is 35.5. The van der Waals surface area contributed by atoms with E-state index in [4.69, 9.17) is 16.3 Å². The molecule has 0 aliphatic carbocycles. The molecule has 21 heavy (non-hydrogen) atoms. The largest absolute Gasteiger partial charge is 0.375 e. The molecule has 4 rings (SSSR count). The number of fused-ring (bicyclic) bond motifs is 1. The van der Waals surface area contributed by atoms with Crippen LogP contribution >= 0.6 is 23.4 Å². The number of aromatic nitrogens is 1. The zero-order valence-corrected chi connectivity index (χ0v) is 13.6. The van der Waals surface area contributed by atoms with Crippen LogP contribution in [0.15, 0.2) is 30.5 Å². The van der Waals surface area contributed by atoms with Gasteiger partial charge in [-0.3, -0.25) is 0 Å². The minimum Gasteiger partial charge on any atom is -0.375 e. The van der Waals surface area contributed by atoms with Crippen molar-refractivity contribution in [2.45, 2.75) is 37.3 Å². The first kappa shape index (κ1) is 14.0. The lowest BCUT2D eigenvalue weighted by molar-refractivity contribution is -0.0982. The van der Waals surface area contributed by atoms with Gasteiger partial charge in [-0.2, -0.15) is 11.8 Å². The third-order valence-electron chi connectivity index (χ3n) is 4.97. The maximum Gasteiger partial charge on any atom is 0.0718 e. The molecule has 2 aromatic rings. The number of hydrogen-bond donors (Lipinski definition) is 0. The number of benzene rings is 1. The van der Waals surface area contributed by atoms with Crippen LogP contribution in [0.25, 0.3) is 10.9 Å². The van der Waals surface area contributed by atoms with Crippen LogP contribution in [0.3, 0.4) is 0 Å². The van der Waals surface area contributed by atoms with Gasteiger partial charge in [0.2, 0.25) is 0 Å². The molecule has 1 atom stereocenters. The van der Waals surface area contributed by atoms with Crippen molar-refractivity contribution in [3.05, 3.63) is 35.5 Å². The predicted octanol–water partition coefficient (Wildman–Crippen LogP) is 4.91. The number of halogens is 1. The molecule has 1 unspecified atom stereocenters. The van der Waals surface area contributed by atoms with Gasteiger partial charge in [-0.05, 0) is 55.4 Å². The summed E-state index contributed by atoms with van der Waals surface area (Å²) in [5, 5.41) is 2.01. The first-order chi connectivity index (χ1) is 10.3. The molecule has 0 amide bonds. The van der Waals surface area contributed by atoms with Crippen LogP contribution in [0.5, 0.6) is 0 Å². The van der Waals surface area contributed by atoms with E-state index in [1.165, 1.54) is 35.3 Å². The second-order valence-electron chi connectivity index (χ2n) is 6.19. The SMILES string of the molecule is Clc1cccc2c1ccn2C1CCOC2(CCSCC2)C1. The van der Waals surface area contributed by atoms with Crippen molar-refractivity contribution < 1.29 is 4.74 Å². The fourth-order valence-corrected chi connectivity index (χ4v) is 5.27. The summed E-state index contributed by atoms with van der Waals surface area (Å²) < 4.78 is 8.64. The molecule has 0 N–H and O–H groups in total. The van der Waals surface area contributed by atoms with E-state index in [-0.39, 0.29) is 5.60 Å². The van der Waals surface area contributed by atoms with Crippen molar-refractivity contribution in [2.24, 2.45) is 0 Å². The zero-order valence-electron chi connectivity index (χ0n) is 12.1. The number of thioether (sulfide) groups is 1. The summed E-state index contributed by atoms with van der Waals surface area (Å²) in [6.45, 7) is 0.884. The lowest BCUT2D eigenvalue weighted by Gasteiger charge is -2.43. The molecule has 2 aliphatic rings. The van der Waals surface area contributed by atoms with Crippen molar-refractivity contribution in [2.75, 3.05) is 18.1 Å². The van der Waals surface area contributed by atoms with Gasteiger partial charge in [0.05, 0.1) is 5.60 Å². The minimum atomic E-state index is 0.128. The van der Waals surface area contributed by atoms with Crippen LogP contribution in [0.4, 0.5) is 0 Å². The lowest BCUT2D eigenvalue weighted by atomic mass is 9.85. The molecule has 0 saturated carbocycles. The standard InChI is InChI=1S/C17H20ClNOS/c18-15-2-1-3-16-14(15)4-8-19(16)13-5-9-20-17(12-13)6-10-21-11-7-17/h1-4,8,13H,5-7,9-12H2. The van der Waals surface area contributed by atoms with Crippen LogP contribution < -0.4 is 0 Å². The first-order valence-electron chi connectivity index (χ1n) is 7.74. The molecule has 1 aromatic heterocycles. The Kier molecular flexibility index (Phi) is 3.68. The van der Waals surface area contributed by atoms with Crippen LogP contribution in [0.1, 0.15) is 31.7 Å². The van der Waals surface area contributed by atoms with Gasteiger partial charge in [0.1, 0.15) is 0 Å². The van der Waals surface area contributed by atoms with Crippen molar-refractivity contribution >= 4 is 34.3 Å². The number of hydrogen-bond acceptors (Lipinski definition) is 2. The van der Waals surface area contributed by atoms with Crippen molar-refractivity contribution in [1.82, 2.24) is 4.57 Å². The van der Waals surface area contributed by atoms with Gasteiger partial charge in [0, 0.05) is 34.8 Å². The Morgan fingerprint density at radius 2 is 2.10 bits per heavy atom. The number of nitrogens with zero attached hydrogens (tertiary/aromatic N) is 1. The third-order valence-corrected chi connectivity index (χ3v) is 6.29. The topological polar surface area (TPSA) is 14.2 Å². The third kappa shape index (κ3) is 2.49. The number of rotatable bonds is 1. The second kappa shape index (κ2) is 5.53. The first-order valence-corrected chi connectivity index (χ1v) is 9.27. The average molecular weight is 322 g/mol. The van der Waals surface area contributed by atoms with E-state index in [0.717, 1.165) is 24.5 Å². The molecular formula is C17H20ClNOS. The van der Waals surface area contributed by atoms with Crippen LogP contribution in [0.2, 0.25) is 5.02 Å². The van der Waals surface area contributed by atoms with Gasteiger partial charge in [-0.1, -0.05) is 17.7 Å². The van der Waals surface area contributed by atoms with Crippen molar-refractivity contribution in [3.63, 3.8) is 0 Å². The Morgan fingerprint density at radius 3 is 2.95 bits per heavy atom. The van der Waals surface area contributed by atoms with Gasteiger partial charge < -0.3 is 9.30 Å². The second-order valence-corrected chi connectivity index (χ2v) is 7.82. The quantitative estimate of drug-likeness (QED) is 0.740. The molecular weight excluding hydrogens is 302 g/mol. The van der Waals surface area contributed by atoms with Crippen molar-refractivity contribution in [3.8, 4) is 0 Å². The highest BCUT2D eigenvalue weighted by molar-refractivity contribution is 7.99. The van der Waals surface area contributed by atoms with Gasteiger partial charge in [-0.15, -0.1) is 0 Å². The molecule has 2 nitrogen and oxygen atoms in total. The Labute approximate surface area is 134 Å². The molecule has 1 aromatic carbocycles. The monoisotopic (exact) mass is 321 g/mol. The van der Waals surface area contributed by atoms with E-state index in [1.807, 2.05) is 12.1 Å². The Balaban J connectivity index is 1.67. The van der Waals surface area contributed by atoms with Crippen LogP contribution in [-0.2, 0) is 4.74 Å². The normalized spacial score (nSPS) is 25.5. The average Bonchev–Trinajstić information content (AvgIpc) is 2.93. The maximum atomic E-state index is 6.31. The van der Waals surface area contributed by atoms with E-state index in [9.17, 15) is 0 Å². The summed E-state index contributed by atoms with van der Waals surface area (Å²) in [5.74, 6) is 2.48. The van der Waals surface area contributed by atoms with Gasteiger partial charge >= 0.3 is 0 Å². The predicted molar refractivity (Wildman–Crippen MR) is 90.5 cm³/mol. The van der Waals surface area contributed by atoms with Crippen LogP contribution in [0, 0.1) is 0 Å². The molecule has 0 radical (unpaired) electrons. The molecule has 2 saturated heterocycles. The van der Waals surface area contributed by atoms with E-state index in [2.05, 4.69) is 34.7 Å². The lowest BCUT2D eigenvalue weighted by Crippen LogP contribution is -2.43. The van der Waals surface area contributed by atoms with Crippen LogP contribution in [-0.4, -0.2) is 28.3 Å².